The molecule has 0 aliphatic rings. The Hall–Kier alpha value is -1.11. The Balaban J connectivity index is 2.19. The molecule has 1 heteroatoms. The molecule has 0 saturated carbocycles. The van der Waals surface area contributed by atoms with Crippen molar-refractivity contribution in [3.8, 4) is 0 Å². The Kier molecular flexibility index (Phi) is 5.76. The molecule has 1 aromatic carbocycles. The van der Waals surface area contributed by atoms with Crippen molar-refractivity contribution in [1.29, 1.82) is 0 Å². The van der Waals surface area contributed by atoms with Crippen molar-refractivity contribution in [2.45, 2.75) is 44.9 Å². The molecule has 0 radical (unpaired) electrons. The van der Waals surface area contributed by atoms with Crippen LogP contribution in [0, 0.1) is 0 Å². The van der Waals surface area contributed by atoms with Crippen molar-refractivity contribution in [3.63, 3.8) is 0 Å². The maximum Gasteiger partial charge on any atom is 0.119 e. The van der Waals surface area contributed by atoms with Crippen LogP contribution < -0.4 is 0 Å². The average molecular weight is 204 g/mol. The second-order valence-electron chi connectivity index (χ2n) is 4.12. The van der Waals surface area contributed by atoms with E-state index in [4.69, 9.17) is 0 Å². The summed E-state index contributed by atoms with van der Waals surface area (Å²) in [7, 11) is 0. The zero-order valence-electron chi connectivity index (χ0n) is 9.49. The fraction of sp³-hybridized carbons (Fsp3) is 0.500. The molecular formula is C14H20O. The third kappa shape index (κ3) is 4.78. The highest BCUT2D eigenvalue weighted by molar-refractivity contribution is 5.48. The smallest absolute Gasteiger partial charge is 0.119 e. The Labute approximate surface area is 92.5 Å². The van der Waals surface area contributed by atoms with E-state index in [1.807, 2.05) is 0 Å². The number of hydrogen-bond acceptors (Lipinski definition) is 1. The standard InChI is InChI=1S/C14H20O/c1-13(9-5-2-3-8-12-15)14-10-6-4-7-11-14/h4,6-7,10-13H,2-3,5,8-9H2,1H3. The SMILES string of the molecule is CC(CCCCCC=O)c1ccccc1. The van der Waals surface area contributed by atoms with Crippen LogP contribution in [0.1, 0.15) is 50.5 Å². The molecule has 0 aliphatic carbocycles. The van der Waals surface area contributed by atoms with Gasteiger partial charge in [0.05, 0.1) is 0 Å². The molecule has 0 spiro atoms. The second kappa shape index (κ2) is 7.22. The van der Waals surface area contributed by atoms with Gasteiger partial charge in [-0.3, -0.25) is 0 Å². The highest BCUT2D eigenvalue weighted by atomic mass is 16.1. The van der Waals surface area contributed by atoms with Crippen molar-refractivity contribution in [1.82, 2.24) is 0 Å². The van der Waals surface area contributed by atoms with Gasteiger partial charge < -0.3 is 4.79 Å². The van der Waals surface area contributed by atoms with Crippen LogP contribution in [0.3, 0.4) is 0 Å². The molecule has 1 unspecified atom stereocenters. The van der Waals surface area contributed by atoms with Crippen LogP contribution in [0.5, 0.6) is 0 Å². The third-order valence-electron chi connectivity index (χ3n) is 2.83. The van der Waals surface area contributed by atoms with E-state index in [-0.39, 0.29) is 0 Å². The van der Waals surface area contributed by atoms with Crippen molar-refractivity contribution < 1.29 is 4.79 Å². The van der Waals surface area contributed by atoms with Gasteiger partial charge in [-0.05, 0) is 24.3 Å². The van der Waals surface area contributed by atoms with E-state index in [1.54, 1.807) is 0 Å². The van der Waals surface area contributed by atoms with Gasteiger partial charge in [-0.1, -0.05) is 50.1 Å². The van der Waals surface area contributed by atoms with Gasteiger partial charge in [0.1, 0.15) is 6.29 Å². The monoisotopic (exact) mass is 204 g/mol. The van der Waals surface area contributed by atoms with Gasteiger partial charge in [0.2, 0.25) is 0 Å². The minimum atomic E-state index is 0.641. The van der Waals surface area contributed by atoms with Crippen LogP contribution in [0.25, 0.3) is 0 Å². The molecule has 0 N–H and O–H groups in total. The van der Waals surface area contributed by atoms with Crippen LogP contribution in [0.2, 0.25) is 0 Å². The number of hydrogen-bond donors (Lipinski definition) is 0. The Morgan fingerprint density at radius 2 is 1.87 bits per heavy atom. The van der Waals surface area contributed by atoms with Gasteiger partial charge in [0, 0.05) is 6.42 Å². The molecule has 0 amide bonds. The topological polar surface area (TPSA) is 17.1 Å². The van der Waals surface area contributed by atoms with Crippen LogP contribution in [0.15, 0.2) is 30.3 Å². The van der Waals surface area contributed by atoms with E-state index in [0.717, 1.165) is 19.1 Å². The first-order valence-corrected chi connectivity index (χ1v) is 5.83. The zero-order chi connectivity index (χ0) is 10.9. The first-order chi connectivity index (χ1) is 7.34. The normalized spacial score (nSPS) is 12.3. The predicted molar refractivity (Wildman–Crippen MR) is 64.0 cm³/mol. The number of rotatable bonds is 7. The average Bonchev–Trinajstić information content (AvgIpc) is 2.30. The summed E-state index contributed by atoms with van der Waals surface area (Å²) in [6.45, 7) is 2.27. The summed E-state index contributed by atoms with van der Waals surface area (Å²) >= 11 is 0. The van der Waals surface area contributed by atoms with E-state index >= 15 is 0 Å². The van der Waals surface area contributed by atoms with Crippen molar-refractivity contribution >= 4 is 6.29 Å². The number of unbranched alkanes of at least 4 members (excludes halogenated alkanes) is 3. The highest BCUT2D eigenvalue weighted by Gasteiger charge is 2.03. The number of aldehydes is 1. The van der Waals surface area contributed by atoms with Crippen LogP contribution in [-0.2, 0) is 4.79 Å². The van der Waals surface area contributed by atoms with Crippen LogP contribution >= 0.6 is 0 Å². The lowest BCUT2D eigenvalue weighted by Gasteiger charge is -2.10. The summed E-state index contributed by atoms with van der Waals surface area (Å²) in [5.74, 6) is 0.641. The van der Waals surface area contributed by atoms with Gasteiger partial charge >= 0.3 is 0 Å². The number of carbonyl (C=O) groups is 1. The number of carbonyl (C=O) groups excluding carboxylic acids is 1. The van der Waals surface area contributed by atoms with Crippen molar-refractivity contribution in [2.24, 2.45) is 0 Å². The van der Waals surface area contributed by atoms with Gasteiger partial charge in [0.25, 0.3) is 0 Å². The Morgan fingerprint density at radius 3 is 2.53 bits per heavy atom. The van der Waals surface area contributed by atoms with Gasteiger partial charge in [-0.15, -0.1) is 0 Å². The summed E-state index contributed by atoms with van der Waals surface area (Å²) in [5.41, 5.74) is 1.42. The maximum atomic E-state index is 10.1. The highest BCUT2D eigenvalue weighted by Crippen LogP contribution is 2.21. The van der Waals surface area contributed by atoms with E-state index in [2.05, 4.69) is 37.3 Å². The molecule has 0 aliphatic heterocycles. The van der Waals surface area contributed by atoms with Crippen molar-refractivity contribution in [2.75, 3.05) is 0 Å². The van der Waals surface area contributed by atoms with E-state index in [0.29, 0.717) is 5.92 Å². The van der Waals surface area contributed by atoms with Crippen molar-refractivity contribution in [3.05, 3.63) is 35.9 Å². The van der Waals surface area contributed by atoms with E-state index in [1.165, 1.54) is 24.8 Å². The summed E-state index contributed by atoms with van der Waals surface area (Å²) in [4.78, 5) is 10.1. The quantitative estimate of drug-likeness (QED) is 0.485. The van der Waals surface area contributed by atoms with Gasteiger partial charge in [-0.2, -0.15) is 0 Å². The molecule has 0 bridgehead atoms. The predicted octanol–water partition coefficient (Wildman–Crippen LogP) is 3.94. The summed E-state index contributed by atoms with van der Waals surface area (Å²) < 4.78 is 0. The summed E-state index contributed by atoms with van der Waals surface area (Å²) in [5, 5.41) is 0. The first-order valence-electron chi connectivity index (χ1n) is 5.83. The molecule has 82 valence electrons. The first kappa shape index (κ1) is 12.0. The lowest BCUT2D eigenvalue weighted by Crippen LogP contribution is -1.93. The molecule has 0 heterocycles. The molecule has 15 heavy (non-hydrogen) atoms. The Morgan fingerprint density at radius 1 is 1.13 bits per heavy atom. The molecular weight excluding hydrogens is 184 g/mol. The molecule has 0 aromatic heterocycles. The minimum absolute atomic E-state index is 0.641. The lowest BCUT2D eigenvalue weighted by atomic mass is 9.95. The molecule has 1 atom stereocenters. The summed E-state index contributed by atoms with van der Waals surface area (Å²) in [6.07, 6.45) is 6.41. The number of benzene rings is 1. The fourth-order valence-corrected chi connectivity index (χ4v) is 1.80. The second-order valence-corrected chi connectivity index (χ2v) is 4.12. The molecule has 0 fully saturated rings. The lowest BCUT2D eigenvalue weighted by molar-refractivity contribution is -0.107. The largest absolute Gasteiger partial charge is 0.303 e. The van der Waals surface area contributed by atoms with Crippen LogP contribution in [0.4, 0.5) is 0 Å². The molecule has 1 aromatic rings. The fourth-order valence-electron chi connectivity index (χ4n) is 1.80. The maximum absolute atomic E-state index is 10.1. The summed E-state index contributed by atoms with van der Waals surface area (Å²) in [6, 6.07) is 10.6. The molecule has 0 saturated heterocycles. The zero-order valence-corrected chi connectivity index (χ0v) is 9.49. The van der Waals surface area contributed by atoms with Crippen LogP contribution in [-0.4, -0.2) is 6.29 Å². The Bertz CT molecular complexity index is 266. The molecule has 1 rings (SSSR count). The minimum Gasteiger partial charge on any atom is -0.303 e. The van der Waals surface area contributed by atoms with Gasteiger partial charge in [0.15, 0.2) is 0 Å². The van der Waals surface area contributed by atoms with E-state index in [9.17, 15) is 4.79 Å². The third-order valence-corrected chi connectivity index (χ3v) is 2.83. The van der Waals surface area contributed by atoms with Gasteiger partial charge in [-0.25, -0.2) is 0 Å². The van der Waals surface area contributed by atoms with E-state index < -0.39 is 0 Å². The molecule has 1 nitrogen and oxygen atoms in total.